The second kappa shape index (κ2) is 5.41. The fourth-order valence-electron chi connectivity index (χ4n) is 3.01. The van der Waals surface area contributed by atoms with Gasteiger partial charge >= 0.3 is 0 Å². The van der Waals surface area contributed by atoms with Gasteiger partial charge in [-0.25, -0.2) is 0 Å². The molecule has 0 radical (unpaired) electrons. The quantitative estimate of drug-likeness (QED) is 0.868. The average Bonchev–Trinajstić information content (AvgIpc) is 2.38. The largest absolute Gasteiger partial charge is 0.363 e. The van der Waals surface area contributed by atoms with Gasteiger partial charge in [0.2, 0.25) is 0 Å². The molecule has 2 unspecified atom stereocenters. The number of aryl methyl sites for hydroxylation is 1. The van der Waals surface area contributed by atoms with Crippen LogP contribution in [-0.4, -0.2) is 18.6 Å². The number of rotatable bonds is 2. The molecule has 1 aliphatic rings. The van der Waals surface area contributed by atoms with Crippen molar-refractivity contribution in [2.75, 3.05) is 11.4 Å². The third-order valence-corrected chi connectivity index (χ3v) is 3.92. The Morgan fingerprint density at radius 2 is 2.22 bits per heavy atom. The molecular formula is C15H21N3. The SMILES string of the molecule is Cc1cccc(C#N)c1N1C(C)CCCC1CN. The van der Waals surface area contributed by atoms with Gasteiger partial charge in [0.25, 0.3) is 0 Å². The molecular weight excluding hydrogens is 222 g/mol. The van der Waals surface area contributed by atoms with Crippen molar-refractivity contribution >= 4 is 5.69 Å². The van der Waals surface area contributed by atoms with Crippen LogP contribution in [0.4, 0.5) is 5.69 Å². The van der Waals surface area contributed by atoms with E-state index in [4.69, 9.17) is 5.73 Å². The van der Waals surface area contributed by atoms with E-state index in [1.165, 1.54) is 18.4 Å². The van der Waals surface area contributed by atoms with Gasteiger partial charge in [0.05, 0.1) is 11.3 Å². The Morgan fingerprint density at radius 3 is 2.89 bits per heavy atom. The van der Waals surface area contributed by atoms with Crippen molar-refractivity contribution in [3.8, 4) is 6.07 Å². The fraction of sp³-hybridized carbons (Fsp3) is 0.533. The molecule has 0 spiro atoms. The highest BCUT2D eigenvalue weighted by Crippen LogP contribution is 2.33. The van der Waals surface area contributed by atoms with Gasteiger partial charge in [-0.3, -0.25) is 0 Å². The molecule has 1 aromatic rings. The van der Waals surface area contributed by atoms with E-state index >= 15 is 0 Å². The van der Waals surface area contributed by atoms with Crippen molar-refractivity contribution in [1.82, 2.24) is 0 Å². The zero-order valence-electron chi connectivity index (χ0n) is 11.2. The number of hydrogen-bond acceptors (Lipinski definition) is 3. The van der Waals surface area contributed by atoms with Gasteiger partial charge < -0.3 is 10.6 Å². The predicted molar refractivity (Wildman–Crippen MR) is 74.5 cm³/mol. The highest BCUT2D eigenvalue weighted by atomic mass is 15.2. The highest BCUT2D eigenvalue weighted by Gasteiger charge is 2.29. The lowest BCUT2D eigenvalue weighted by molar-refractivity contribution is 0.400. The summed E-state index contributed by atoms with van der Waals surface area (Å²) in [5.41, 5.74) is 8.93. The van der Waals surface area contributed by atoms with Crippen LogP contribution >= 0.6 is 0 Å². The first-order valence-electron chi connectivity index (χ1n) is 6.67. The summed E-state index contributed by atoms with van der Waals surface area (Å²) < 4.78 is 0. The molecule has 1 aromatic carbocycles. The maximum atomic E-state index is 9.31. The second-order valence-electron chi connectivity index (χ2n) is 5.16. The molecule has 3 heteroatoms. The zero-order chi connectivity index (χ0) is 13.1. The standard InChI is InChI=1S/C15H21N3/c1-11-5-3-7-13(9-16)15(11)18-12(2)6-4-8-14(18)10-17/h3,5,7,12,14H,4,6,8,10,17H2,1-2H3. The van der Waals surface area contributed by atoms with E-state index < -0.39 is 0 Å². The Kier molecular flexibility index (Phi) is 3.88. The van der Waals surface area contributed by atoms with Crippen LogP contribution in [0.5, 0.6) is 0 Å². The van der Waals surface area contributed by atoms with Crippen LogP contribution in [-0.2, 0) is 0 Å². The lowest BCUT2D eigenvalue weighted by atomic mass is 9.93. The van der Waals surface area contributed by atoms with Crippen molar-refractivity contribution in [2.45, 2.75) is 45.2 Å². The average molecular weight is 243 g/mol. The molecule has 0 amide bonds. The van der Waals surface area contributed by atoms with Crippen LogP contribution < -0.4 is 10.6 Å². The molecule has 2 rings (SSSR count). The van der Waals surface area contributed by atoms with Gasteiger partial charge in [-0.2, -0.15) is 5.26 Å². The minimum absolute atomic E-state index is 0.363. The molecule has 2 N–H and O–H groups in total. The summed E-state index contributed by atoms with van der Waals surface area (Å²) in [4.78, 5) is 2.37. The molecule has 0 saturated carbocycles. The van der Waals surface area contributed by atoms with Gasteiger partial charge in [-0.05, 0) is 44.7 Å². The molecule has 1 saturated heterocycles. The number of nitrogens with zero attached hydrogens (tertiary/aromatic N) is 2. The minimum atomic E-state index is 0.363. The number of nitrogens with two attached hydrogens (primary N) is 1. The summed E-state index contributed by atoms with van der Waals surface area (Å²) in [5.74, 6) is 0. The molecule has 0 aromatic heterocycles. The number of piperidine rings is 1. The summed E-state index contributed by atoms with van der Waals surface area (Å²) in [6.45, 7) is 4.96. The molecule has 1 heterocycles. The smallest absolute Gasteiger partial charge is 0.101 e. The van der Waals surface area contributed by atoms with Crippen LogP contribution in [0.15, 0.2) is 18.2 Å². The summed E-state index contributed by atoms with van der Waals surface area (Å²) in [6.07, 6.45) is 3.53. The number of hydrogen-bond donors (Lipinski definition) is 1. The maximum absolute atomic E-state index is 9.31. The molecule has 96 valence electrons. The molecule has 0 aliphatic carbocycles. The van der Waals surface area contributed by atoms with E-state index in [1.807, 2.05) is 12.1 Å². The molecule has 1 aliphatic heterocycles. The fourth-order valence-corrected chi connectivity index (χ4v) is 3.01. The maximum Gasteiger partial charge on any atom is 0.101 e. The van der Waals surface area contributed by atoms with Gasteiger partial charge in [0, 0.05) is 18.6 Å². The van der Waals surface area contributed by atoms with Crippen molar-refractivity contribution in [3.05, 3.63) is 29.3 Å². The molecule has 1 fully saturated rings. The Morgan fingerprint density at radius 1 is 1.44 bits per heavy atom. The summed E-state index contributed by atoms with van der Waals surface area (Å²) in [5, 5.41) is 9.31. The van der Waals surface area contributed by atoms with E-state index in [0.29, 0.717) is 18.6 Å². The highest BCUT2D eigenvalue weighted by molar-refractivity contribution is 5.65. The van der Waals surface area contributed by atoms with E-state index in [0.717, 1.165) is 17.7 Å². The Hall–Kier alpha value is -1.53. The van der Waals surface area contributed by atoms with Crippen LogP contribution in [0.3, 0.4) is 0 Å². The van der Waals surface area contributed by atoms with E-state index in [1.54, 1.807) is 0 Å². The predicted octanol–water partition coefficient (Wildman–Crippen LogP) is 2.57. The molecule has 0 bridgehead atoms. The van der Waals surface area contributed by atoms with Crippen LogP contribution in [0.2, 0.25) is 0 Å². The van der Waals surface area contributed by atoms with Crippen molar-refractivity contribution in [1.29, 1.82) is 5.26 Å². The van der Waals surface area contributed by atoms with Gasteiger partial charge in [-0.1, -0.05) is 12.1 Å². The Balaban J connectivity index is 2.48. The van der Waals surface area contributed by atoms with Crippen LogP contribution in [0, 0.1) is 18.3 Å². The first-order valence-corrected chi connectivity index (χ1v) is 6.67. The van der Waals surface area contributed by atoms with Gasteiger partial charge in [0.15, 0.2) is 0 Å². The summed E-state index contributed by atoms with van der Waals surface area (Å²) in [6, 6.07) is 9.06. The van der Waals surface area contributed by atoms with E-state index in [-0.39, 0.29) is 0 Å². The number of benzene rings is 1. The first kappa shape index (κ1) is 12.9. The summed E-state index contributed by atoms with van der Waals surface area (Å²) >= 11 is 0. The number of anilines is 1. The number of para-hydroxylation sites is 1. The van der Waals surface area contributed by atoms with Gasteiger partial charge in [0.1, 0.15) is 6.07 Å². The lowest BCUT2D eigenvalue weighted by Crippen LogP contribution is -2.49. The van der Waals surface area contributed by atoms with Crippen molar-refractivity contribution < 1.29 is 0 Å². The van der Waals surface area contributed by atoms with E-state index in [2.05, 4.69) is 30.9 Å². The lowest BCUT2D eigenvalue weighted by Gasteiger charge is -2.43. The van der Waals surface area contributed by atoms with Gasteiger partial charge in [-0.15, -0.1) is 0 Å². The van der Waals surface area contributed by atoms with Crippen molar-refractivity contribution in [2.24, 2.45) is 5.73 Å². The summed E-state index contributed by atoms with van der Waals surface area (Å²) in [7, 11) is 0. The third kappa shape index (κ3) is 2.21. The van der Waals surface area contributed by atoms with Crippen LogP contribution in [0.25, 0.3) is 0 Å². The minimum Gasteiger partial charge on any atom is -0.363 e. The van der Waals surface area contributed by atoms with Crippen LogP contribution in [0.1, 0.15) is 37.3 Å². The van der Waals surface area contributed by atoms with Crippen molar-refractivity contribution in [3.63, 3.8) is 0 Å². The second-order valence-corrected chi connectivity index (χ2v) is 5.16. The monoisotopic (exact) mass is 243 g/mol. The first-order chi connectivity index (χ1) is 8.69. The normalized spacial score (nSPS) is 23.8. The van der Waals surface area contributed by atoms with E-state index in [9.17, 15) is 5.26 Å². The molecule has 3 nitrogen and oxygen atoms in total. The Bertz CT molecular complexity index is 461. The zero-order valence-corrected chi connectivity index (χ0v) is 11.2. The number of nitriles is 1. The molecule has 2 atom stereocenters. The third-order valence-electron chi connectivity index (χ3n) is 3.92. The topological polar surface area (TPSA) is 53.0 Å². The Labute approximate surface area is 109 Å². The molecule has 18 heavy (non-hydrogen) atoms.